The molecule has 0 spiro atoms. The van der Waals surface area contributed by atoms with Crippen LogP contribution in [0.2, 0.25) is 0 Å². The Bertz CT molecular complexity index is 413. The third kappa shape index (κ3) is 2.58. The predicted molar refractivity (Wildman–Crippen MR) is 74.2 cm³/mol. The van der Waals surface area contributed by atoms with E-state index in [1.807, 2.05) is 0 Å². The molecule has 106 valence electrons. The maximum absolute atomic E-state index is 11.8. The Balaban J connectivity index is 2.13. The minimum absolute atomic E-state index is 0.257. The van der Waals surface area contributed by atoms with Gasteiger partial charge >= 0.3 is 0 Å². The second-order valence-electron chi connectivity index (χ2n) is 7.07. The number of hydrogen-bond acceptors (Lipinski definition) is 4. The Hall–Kier alpha value is -0.130. The summed E-state index contributed by atoms with van der Waals surface area (Å²) in [6.07, 6.45) is 1.87. The van der Waals surface area contributed by atoms with Crippen LogP contribution in [0.5, 0.6) is 0 Å². The summed E-state index contributed by atoms with van der Waals surface area (Å²) in [5.41, 5.74) is 5.93. The Kier molecular flexibility index (Phi) is 3.54. The lowest BCUT2D eigenvalue weighted by Crippen LogP contribution is -2.54. The molecule has 2 rings (SSSR count). The highest BCUT2D eigenvalue weighted by Gasteiger charge is 2.48. The maximum Gasteiger partial charge on any atom is 0.152 e. The molecule has 0 aromatic rings. The van der Waals surface area contributed by atoms with Gasteiger partial charge in [0.2, 0.25) is 0 Å². The lowest BCUT2D eigenvalue weighted by Gasteiger charge is -2.38. The Labute approximate surface area is 111 Å². The van der Waals surface area contributed by atoms with E-state index in [9.17, 15) is 8.42 Å². The van der Waals surface area contributed by atoms with Gasteiger partial charge in [0.05, 0.1) is 11.5 Å². The quantitative estimate of drug-likeness (QED) is 0.811. The van der Waals surface area contributed by atoms with Crippen LogP contribution in [0.25, 0.3) is 0 Å². The van der Waals surface area contributed by atoms with Crippen LogP contribution in [-0.4, -0.2) is 50.0 Å². The molecule has 2 saturated heterocycles. The number of hydrogen-bond donors (Lipinski definition) is 1. The first kappa shape index (κ1) is 14.3. The van der Waals surface area contributed by atoms with E-state index in [2.05, 4.69) is 25.7 Å². The van der Waals surface area contributed by atoms with Gasteiger partial charge in [0.25, 0.3) is 0 Å². The van der Waals surface area contributed by atoms with Crippen LogP contribution in [0.4, 0.5) is 0 Å². The molecule has 0 aliphatic carbocycles. The minimum Gasteiger partial charge on any atom is -0.329 e. The third-order valence-electron chi connectivity index (χ3n) is 4.83. The second-order valence-corrected chi connectivity index (χ2v) is 9.25. The largest absolute Gasteiger partial charge is 0.329 e. The van der Waals surface area contributed by atoms with Gasteiger partial charge in [-0.3, -0.25) is 4.90 Å². The number of rotatable bonds is 2. The van der Waals surface area contributed by atoms with Crippen molar-refractivity contribution < 1.29 is 8.42 Å². The highest BCUT2D eigenvalue weighted by atomic mass is 32.2. The molecule has 2 aliphatic rings. The zero-order valence-corrected chi connectivity index (χ0v) is 12.6. The Morgan fingerprint density at radius 3 is 2.44 bits per heavy atom. The molecule has 2 unspecified atom stereocenters. The van der Waals surface area contributed by atoms with Crippen LogP contribution in [0.3, 0.4) is 0 Å². The van der Waals surface area contributed by atoms with Crippen LogP contribution in [0.15, 0.2) is 0 Å². The molecule has 4 nitrogen and oxygen atoms in total. The van der Waals surface area contributed by atoms with E-state index < -0.39 is 9.84 Å². The lowest BCUT2D eigenvalue weighted by molar-refractivity contribution is 0.129. The first-order valence-corrected chi connectivity index (χ1v) is 8.66. The summed E-state index contributed by atoms with van der Waals surface area (Å²) in [7, 11) is -2.88. The van der Waals surface area contributed by atoms with Gasteiger partial charge in [-0.15, -0.1) is 0 Å². The predicted octanol–water partition coefficient (Wildman–Crippen LogP) is 0.870. The highest BCUT2D eigenvalue weighted by molar-refractivity contribution is 7.91. The van der Waals surface area contributed by atoms with Crippen LogP contribution in [0, 0.1) is 11.3 Å². The fourth-order valence-corrected chi connectivity index (χ4v) is 5.44. The number of sulfone groups is 1. The normalized spacial score (nSPS) is 37.2. The van der Waals surface area contributed by atoms with Gasteiger partial charge in [-0.05, 0) is 30.7 Å². The highest BCUT2D eigenvalue weighted by Crippen LogP contribution is 2.39. The van der Waals surface area contributed by atoms with Crippen molar-refractivity contribution in [3.63, 3.8) is 0 Å². The number of nitrogens with zero attached hydrogens (tertiary/aromatic N) is 1. The summed E-state index contributed by atoms with van der Waals surface area (Å²) in [4.78, 5) is 2.35. The van der Waals surface area contributed by atoms with E-state index in [1.54, 1.807) is 0 Å². The molecule has 0 radical (unpaired) electrons. The molecule has 2 fully saturated rings. The molecule has 0 saturated carbocycles. The SMILES string of the molecule is CC(C)(C)C1CCN(C2(CN)CCS(=O)(=O)C2)C1. The van der Waals surface area contributed by atoms with Gasteiger partial charge < -0.3 is 5.73 Å². The summed E-state index contributed by atoms with van der Waals surface area (Å²) >= 11 is 0. The van der Waals surface area contributed by atoms with Gasteiger partial charge in [0, 0.05) is 18.6 Å². The summed E-state index contributed by atoms with van der Waals surface area (Å²) in [6, 6.07) is 0. The first-order valence-electron chi connectivity index (χ1n) is 6.84. The monoisotopic (exact) mass is 274 g/mol. The summed E-state index contributed by atoms with van der Waals surface area (Å²) in [5, 5.41) is 0. The van der Waals surface area contributed by atoms with Crippen molar-refractivity contribution in [2.75, 3.05) is 31.1 Å². The molecule has 0 aromatic carbocycles. The average molecular weight is 274 g/mol. The minimum atomic E-state index is -2.88. The fraction of sp³-hybridized carbons (Fsp3) is 1.00. The van der Waals surface area contributed by atoms with E-state index in [1.165, 1.54) is 0 Å². The van der Waals surface area contributed by atoms with Crippen LogP contribution >= 0.6 is 0 Å². The summed E-state index contributed by atoms with van der Waals surface area (Å²) in [5.74, 6) is 1.21. The van der Waals surface area contributed by atoms with Crippen molar-refractivity contribution >= 4 is 9.84 Å². The molecule has 2 atom stereocenters. The van der Waals surface area contributed by atoms with Crippen molar-refractivity contribution in [1.82, 2.24) is 4.90 Å². The second kappa shape index (κ2) is 4.46. The molecular formula is C13H26N2O2S. The van der Waals surface area contributed by atoms with Crippen molar-refractivity contribution in [1.29, 1.82) is 0 Å². The number of likely N-dealkylation sites (tertiary alicyclic amines) is 1. The van der Waals surface area contributed by atoms with Crippen molar-refractivity contribution in [3.8, 4) is 0 Å². The standard InChI is InChI=1S/C13H26N2O2S/c1-12(2,3)11-4-6-15(8-11)13(9-14)5-7-18(16,17)10-13/h11H,4-10,14H2,1-3H3. The zero-order chi connectivity index (χ0) is 13.6. The maximum atomic E-state index is 11.8. The topological polar surface area (TPSA) is 63.4 Å². The molecule has 5 heteroatoms. The van der Waals surface area contributed by atoms with Crippen LogP contribution < -0.4 is 5.73 Å². The molecule has 0 bridgehead atoms. The molecule has 2 N–H and O–H groups in total. The van der Waals surface area contributed by atoms with Gasteiger partial charge in [-0.1, -0.05) is 20.8 Å². The van der Waals surface area contributed by atoms with E-state index in [0.717, 1.165) is 19.5 Å². The van der Waals surface area contributed by atoms with Crippen LogP contribution in [-0.2, 0) is 9.84 Å². The molecular weight excluding hydrogens is 248 g/mol. The Morgan fingerprint density at radius 2 is 2.06 bits per heavy atom. The summed E-state index contributed by atoms with van der Waals surface area (Å²) < 4.78 is 23.5. The first-order chi connectivity index (χ1) is 8.19. The van der Waals surface area contributed by atoms with E-state index in [0.29, 0.717) is 30.1 Å². The molecule has 2 heterocycles. The summed E-state index contributed by atoms with van der Waals surface area (Å²) in [6.45, 7) is 9.25. The number of nitrogens with two attached hydrogens (primary N) is 1. The van der Waals surface area contributed by atoms with Gasteiger partial charge in [-0.25, -0.2) is 8.42 Å². The molecule has 2 aliphatic heterocycles. The van der Waals surface area contributed by atoms with Crippen LogP contribution in [0.1, 0.15) is 33.6 Å². The van der Waals surface area contributed by atoms with Crippen molar-refractivity contribution in [3.05, 3.63) is 0 Å². The van der Waals surface area contributed by atoms with E-state index in [4.69, 9.17) is 5.73 Å². The zero-order valence-electron chi connectivity index (χ0n) is 11.8. The van der Waals surface area contributed by atoms with E-state index >= 15 is 0 Å². The fourth-order valence-electron chi connectivity index (χ4n) is 3.34. The average Bonchev–Trinajstić information content (AvgIpc) is 2.82. The van der Waals surface area contributed by atoms with E-state index in [-0.39, 0.29) is 11.3 Å². The third-order valence-corrected chi connectivity index (χ3v) is 6.63. The van der Waals surface area contributed by atoms with Crippen molar-refractivity contribution in [2.45, 2.75) is 39.2 Å². The van der Waals surface area contributed by atoms with Gasteiger partial charge in [-0.2, -0.15) is 0 Å². The van der Waals surface area contributed by atoms with Gasteiger partial charge in [0.15, 0.2) is 9.84 Å². The molecule has 0 aromatic heterocycles. The Morgan fingerprint density at radius 1 is 1.39 bits per heavy atom. The lowest BCUT2D eigenvalue weighted by atomic mass is 9.80. The van der Waals surface area contributed by atoms with Crippen molar-refractivity contribution in [2.24, 2.45) is 17.1 Å². The molecule has 0 amide bonds. The van der Waals surface area contributed by atoms with Gasteiger partial charge in [0.1, 0.15) is 0 Å². The smallest absolute Gasteiger partial charge is 0.152 e. The molecule has 18 heavy (non-hydrogen) atoms.